The zero-order chi connectivity index (χ0) is 18.6. The van der Waals surface area contributed by atoms with Gasteiger partial charge in [-0.25, -0.2) is 0 Å². The zero-order valence-corrected chi connectivity index (χ0v) is 19.1. The highest BCUT2D eigenvalue weighted by atomic mass is 127. The Labute approximate surface area is 181 Å². The number of benzene rings is 1. The minimum absolute atomic E-state index is 0. The van der Waals surface area contributed by atoms with E-state index in [0.29, 0.717) is 5.56 Å². The number of hydrogen-bond donors (Lipinski definition) is 3. The molecule has 0 saturated heterocycles. The SMILES string of the molecule is CCNC(=NCCC1CCCCC1)NCCc1cccc(C(=O)NC)c1.I. The molecule has 0 aliphatic heterocycles. The standard InChI is InChI=1S/C21H34N4O.HI/c1-3-23-21(24-14-12-17-8-5-4-6-9-17)25-15-13-18-10-7-11-19(16-18)20(26)22-2;/h7,10-11,16-17H,3-6,8-9,12-15H2,1-2H3,(H,22,26)(H2,23,24,25);1H. The third kappa shape index (κ3) is 8.95. The third-order valence-electron chi connectivity index (χ3n) is 5.00. The second-order valence-electron chi connectivity index (χ2n) is 7.01. The van der Waals surface area contributed by atoms with E-state index in [1.54, 1.807) is 7.05 Å². The Kier molecular flexibility index (Phi) is 12.1. The fourth-order valence-corrected chi connectivity index (χ4v) is 3.51. The monoisotopic (exact) mass is 486 g/mol. The number of nitrogens with one attached hydrogen (secondary N) is 3. The molecule has 0 bridgehead atoms. The van der Waals surface area contributed by atoms with Gasteiger partial charge in [-0.05, 0) is 43.4 Å². The Morgan fingerprint density at radius 2 is 1.96 bits per heavy atom. The molecule has 1 aromatic carbocycles. The Morgan fingerprint density at radius 3 is 2.67 bits per heavy atom. The number of guanidine groups is 1. The van der Waals surface area contributed by atoms with Crippen LogP contribution in [0.2, 0.25) is 0 Å². The summed E-state index contributed by atoms with van der Waals surface area (Å²) in [5.41, 5.74) is 1.86. The van der Waals surface area contributed by atoms with Crippen LogP contribution >= 0.6 is 24.0 Å². The summed E-state index contributed by atoms with van der Waals surface area (Å²) in [6.45, 7) is 4.64. The van der Waals surface area contributed by atoms with E-state index in [1.807, 2.05) is 18.2 Å². The van der Waals surface area contributed by atoms with Gasteiger partial charge >= 0.3 is 0 Å². The van der Waals surface area contributed by atoms with E-state index in [9.17, 15) is 4.79 Å². The number of rotatable bonds is 8. The van der Waals surface area contributed by atoms with Gasteiger partial charge in [-0.1, -0.05) is 44.2 Å². The van der Waals surface area contributed by atoms with Crippen molar-refractivity contribution in [1.29, 1.82) is 0 Å². The quantitative estimate of drug-likeness (QED) is 0.298. The number of halogens is 1. The summed E-state index contributed by atoms with van der Waals surface area (Å²) < 4.78 is 0. The fraction of sp³-hybridized carbons (Fsp3) is 0.619. The highest BCUT2D eigenvalue weighted by molar-refractivity contribution is 14.0. The molecule has 2 rings (SSSR count). The summed E-state index contributed by atoms with van der Waals surface area (Å²) in [5, 5.41) is 9.39. The minimum Gasteiger partial charge on any atom is -0.357 e. The normalized spacial score (nSPS) is 15.0. The van der Waals surface area contributed by atoms with E-state index in [1.165, 1.54) is 38.5 Å². The summed E-state index contributed by atoms with van der Waals surface area (Å²) in [7, 11) is 1.66. The molecule has 3 N–H and O–H groups in total. The van der Waals surface area contributed by atoms with E-state index in [0.717, 1.165) is 43.5 Å². The summed E-state index contributed by atoms with van der Waals surface area (Å²) in [4.78, 5) is 16.5. The van der Waals surface area contributed by atoms with E-state index in [2.05, 4.69) is 28.9 Å². The second-order valence-corrected chi connectivity index (χ2v) is 7.01. The topological polar surface area (TPSA) is 65.5 Å². The lowest BCUT2D eigenvalue weighted by Crippen LogP contribution is -2.38. The van der Waals surface area contributed by atoms with Crippen LogP contribution in [0.15, 0.2) is 29.3 Å². The van der Waals surface area contributed by atoms with Crippen LogP contribution in [0.25, 0.3) is 0 Å². The number of hydrogen-bond acceptors (Lipinski definition) is 2. The summed E-state index contributed by atoms with van der Waals surface area (Å²) in [6.07, 6.45) is 9.00. The van der Waals surface area contributed by atoms with Crippen molar-refractivity contribution in [3.05, 3.63) is 35.4 Å². The first-order valence-corrected chi connectivity index (χ1v) is 10.1. The smallest absolute Gasteiger partial charge is 0.251 e. The highest BCUT2D eigenvalue weighted by Gasteiger charge is 2.12. The molecule has 6 heteroatoms. The highest BCUT2D eigenvalue weighted by Crippen LogP contribution is 2.26. The zero-order valence-electron chi connectivity index (χ0n) is 16.7. The number of carbonyl (C=O) groups excluding carboxylic acids is 1. The molecule has 1 aliphatic rings. The van der Waals surface area contributed by atoms with Gasteiger partial charge in [-0.3, -0.25) is 9.79 Å². The predicted molar refractivity (Wildman–Crippen MR) is 124 cm³/mol. The van der Waals surface area contributed by atoms with Gasteiger partial charge in [-0.2, -0.15) is 0 Å². The average Bonchev–Trinajstić information content (AvgIpc) is 2.68. The first kappa shape index (κ1) is 23.7. The van der Waals surface area contributed by atoms with Crippen molar-refractivity contribution in [2.45, 2.75) is 51.9 Å². The first-order chi connectivity index (χ1) is 12.7. The molecule has 152 valence electrons. The van der Waals surface area contributed by atoms with Gasteiger partial charge in [0.25, 0.3) is 5.91 Å². The van der Waals surface area contributed by atoms with Crippen LogP contribution in [0.4, 0.5) is 0 Å². The van der Waals surface area contributed by atoms with Gasteiger partial charge in [0, 0.05) is 32.2 Å². The Balaban J connectivity index is 0.00000364. The molecule has 1 fully saturated rings. The van der Waals surface area contributed by atoms with Gasteiger partial charge < -0.3 is 16.0 Å². The van der Waals surface area contributed by atoms with Gasteiger partial charge in [0.15, 0.2) is 5.96 Å². The third-order valence-corrected chi connectivity index (χ3v) is 5.00. The van der Waals surface area contributed by atoms with Gasteiger partial charge in [0.05, 0.1) is 0 Å². The van der Waals surface area contributed by atoms with E-state index in [4.69, 9.17) is 4.99 Å². The van der Waals surface area contributed by atoms with Crippen molar-refractivity contribution >= 4 is 35.8 Å². The molecule has 1 saturated carbocycles. The van der Waals surface area contributed by atoms with Crippen LogP contribution in [0.1, 0.15) is 61.4 Å². The summed E-state index contributed by atoms with van der Waals surface area (Å²) in [5.74, 6) is 1.71. The van der Waals surface area contributed by atoms with Crippen molar-refractivity contribution < 1.29 is 4.79 Å². The Hall–Kier alpha value is -1.31. The van der Waals surface area contributed by atoms with Gasteiger partial charge in [-0.15, -0.1) is 24.0 Å². The maximum atomic E-state index is 11.7. The van der Waals surface area contributed by atoms with Crippen LogP contribution in [0, 0.1) is 5.92 Å². The average molecular weight is 486 g/mol. The molecule has 0 heterocycles. The molecule has 0 spiro atoms. The fourth-order valence-electron chi connectivity index (χ4n) is 3.51. The lowest BCUT2D eigenvalue weighted by Gasteiger charge is -2.20. The van der Waals surface area contributed by atoms with Gasteiger partial charge in [0.2, 0.25) is 0 Å². The van der Waals surface area contributed by atoms with Crippen molar-refractivity contribution in [2.24, 2.45) is 10.9 Å². The van der Waals surface area contributed by atoms with Gasteiger partial charge in [0.1, 0.15) is 0 Å². The minimum atomic E-state index is -0.0441. The van der Waals surface area contributed by atoms with E-state index < -0.39 is 0 Å². The maximum Gasteiger partial charge on any atom is 0.251 e. The summed E-state index contributed by atoms with van der Waals surface area (Å²) >= 11 is 0. The molecule has 5 nitrogen and oxygen atoms in total. The molecule has 27 heavy (non-hydrogen) atoms. The molecule has 1 aliphatic carbocycles. The summed E-state index contributed by atoms with van der Waals surface area (Å²) in [6, 6.07) is 7.78. The molecule has 1 amide bonds. The largest absolute Gasteiger partial charge is 0.357 e. The molecule has 0 radical (unpaired) electrons. The van der Waals surface area contributed by atoms with Crippen LogP contribution in [0.3, 0.4) is 0 Å². The van der Waals surface area contributed by atoms with Crippen LogP contribution in [-0.4, -0.2) is 38.5 Å². The number of carbonyl (C=O) groups is 1. The van der Waals surface area contributed by atoms with E-state index >= 15 is 0 Å². The first-order valence-electron chi connectivity index (χ1n) is 10.1. The molecule has 0 unspecified atom stereocenters. The number of aliphatic imine (C=N–C) groups is 1. The van der Waals surface area contributed by atoms with Crippen LogP contribution in [-0.2, 0) is 6.42 Å². The maximum absolute atomic E-state index is 11.7. The number of amides is 1. The number of nitrogens with zero attached hydrogens (tertiary/aromatic N) is 1. The van der Waals surface area contributed by atoms with Crippen molar-refractivity contribution in [1.82, 2.24) is 16.0 Å². The molecular formula is C21H35IN4O. The lowest BCUT2D eigenvalue weighted by molar-refractivity contribution is 0.0963. The molecule has 0 atom stereocenters. The predicted octanol–water partition coefficient (Wildman–Crippen LogP) is 3.73. The van der Waals surface area contributed by atoms with Crippen molar-refractivity contribution in [3.8, 4) is 0 Å². The molecule has 0 aromatic heterocycles. The van der Waals surface area contributed by atoms with Crippen LogP contribution in [0.5, 0.6) is 0 Å². The Bertz CT molecular complexity index is 585. The Morgan fingerprint density at radius 1 is 1.19 bits per heavy atom. The molecular weight excluding hydrogens is 451 g/mol. The lowest BCUT2D eigenvalue weighted by atomic mass is 9.87. The van der Waals surface area contributed by atoms with E-state index in [-0.39, 0.29) is 29.9 Å². The molecule has 1 aromatic rings. The second kappa shape index (κ2) is 13.8. The van der Waals surface area contributed by atoms with Crippen LogP contribution < -0.4 is 16.0 Å². The van der Waals surface area contributed by atoms with Crippen molar-refractivity contribution in [3.63, 3.8) is 0 Å². The van der Waals surface area contributed by atoms with Crippen molar-refractivity contribution in [2.75, 3.05) is 26.7 Å².